The van der Waals surface area contributed by atoms with Crippen LogP contribution in [0.25, 0.3) is 11.3 Å². The van der Waals surface area contributed by atoms with Gasteiger partial charge >= 0.3 is 0 Å². The number of anilines is 1. The molecule has 0 atom stereocenters. The SMILES string of the molecule is N=C(N)c1ccc(NCc2ncc(-c3ccccc3)[nH]2)cc1OCc1cccc(Cl)c1. The molecule has 0 spiro atoms. The maximum absolute atomic E-state index is 7.83. The Kier molecular flexibility index (Phi) is 6.19. The van der Waals surface area contributed by atoms with Crippen molar-refractivity contribution in [3.8, 4) is 17.0 Å². The molecule has 5 N–H and O–H groups in total. The van der Waals surface area contributed by atoms with Gasteiger partial charge in [0, 0.05) is 16.8 Å². The number of amidine groups is 1. The van der Waals surface area contributed by atoms with E-state index in [0.29, 0.717) is 29.5 Å². The van der Waals surface area contributed by atoms with E-state index in [9.17, 15) is 0 Å². The van der Waals surface area contributed by atoms with Gasteiger partial charge in [-0.05, 0) is 35.4 Å². The van der Waals surface area contributed by atoms with Crippen LogP contribution < -0.4 is 15.8 Å². The number of rotatable bonds is 8. The predicted molar refractivity (Wildman–Crippen MR) is 125 cm³/mol. The molecule has 4 aromatic rings. The van der Waals surface area contributed by atoms with Crippen LogP contribution in [-0.4, -0.2) is 15.8 Å². The van der Waals surface area contributed by atoms with Gasteiger partial charge < -0.3 is 20.8 Å². The summed E-state index contributed by atoms with van der Waals surface area (Å²) in [6, 6.07) is 23.0. The second-order valence-electron chi connectivity index (χ2n) is 7.01. The van der Waals surface area contributed by atoms with Crippen molar-refractivity contribution in [1.82, 2.24) is 9.97 Å². The van der Waals surface area contributed by atoms with E-state index in [1.54, 1.807) is 6.07 Å². The quantitative estimate of drug-likeness (QED) is 0.227. The number of nitrogen functional groups attached to an aromatic ring is 1. The van der Waals surface area contributed by atoms with Crippen LogP contribution in [0.3, 0.4) is 0 Å². The van der Waals surface area contributed by atoms with Gasteiger partial charge in [0.1, 0.15) is 24.0 Å². The van der Waals surface area contributed by atoms with E-state index in [1.165, 1.54) is 0 Å². The van der Waals surface area contributed by atoms with Crippen LogP contribution in [0.2, 0.25) is 5.02 Å². The Balaban J connectivity index is 1.45. The highest BCUT2D eigenvalue weighted by Gasteiger charge is 2.10. The molecule has 7 heteroatoms. The zero-order chi connectivity index (χ0) is 21.6. The molecule has 4 rings (SSSR count). The van der Waals surface area contributed by atoms with E-state index < -0.39 is 0 Å². The Morgan fingerprint density at radius 2 is 1.90 bits per heavy atom. The minimum Gasteiger partial charge on any atom is -0.488 e. The lowest BCUT2D eigenvalue weighted by Gasteiger charge is -2.13. The summed E-state index contributed by atoms with van der Waals surface area (Å²) in [5.74, 6) is 1.30. The molecule has 0 fully saturated rings. The average molecular weight is 432 g/mol. The minimum atomic E-state index is -0.0498. The molecule has 1 heterocycles. The molecule has 0 aliphatic heterocycles. The van der Waals surface area contributed by atoms with Crippen molar-refractivity contribution in [2.75, 3.05) is 5.32 Å². The number of H-pyrrole nitrogens is 1. The van der Waals surface area contributed by atoms with E-state index in [1.807, 2.05) is 72.9 Å². The lowest BCUT2D eigenvalue weighted by molar-refractivity contribution is 0.306. The molecule has 0 saturated heterocycles. The van der Waals surface area contributed by atoms with E-state index >= 15 is 0 Å². The highest BCUT2D eigenvalue weighted by Crippen LogP contribution is 2.25. The molecule has 156 valence electrons. The Morgan fingerprint density at radius 3 is 2.68 bits per heavy atom. The maximum atomic E-state index is 7.83. The number of nitrogens with two attached hydrogens (primary N) is 1. The van der Waals surface area contributed by atoms with Crippen LogP contribution in [0.1, 0.15) is 17.0 Å². The van der Waals surface area contributed by atoms with Crippen LogP contribution in [0.15, 0.2) is 79.0 Å². The number of hydrogen-bond acceptors (Lipinski definition) is 4. The number of aromatic nitrogens is 2. The standard InChI is InChI=1S/C24H22ClN5O/c25-18-8-4-5-16(11-18)15-31-22-12-19(9-10-20(22)24(26)27)28-14-23-29-13-21(30-23)17-6-2-1-3-7-17/h1-13,28H,14-15H2,(H3,26,27)(H,29,30). The molecule has 3 aromatic carbocycles. The lowest BCUT2D eigenvalue weighted by Crippen LogP contribution is -2.13. The number of hydrogen-bond donors (Lipinski definition) is 4. The summed E-state index contributed by atoms with van der Waals surface area (Å²) in [6.45, 7) is 0.836. The molecular formula is C24H22ClN5O. The number of ether oxygens (including phenoxy) is 1. The van der Waals surface area contributed by atoms with Crippen molar-refractivity contribution in [3.05, 3.63) is 101 Å². The van der Waals surface area contributed by atoms with Gasteiger partial charge in [-0.3, -0.25) is 5.41 Å². The van der Waals surface area contributed by atoms with Crippen molar-refractivity contribution in [2.24, 2.45) is 5.73 Å². The Bertz CT molecular complexity index is 1190. The summed E-state index contributed by atoms with van der Waals surface area (Å²) < 4.78 is 5.95. The number of aromatic amines is 1. The number of halogens is 1. The lowest BCUT2D eigenvalue weighted by atomic mass is 10.1. The summed E-state index contributed by atoms with van der Waals surface area (Å²) in [4.78, 5) is 7.77. The Morgan fingerprint density at radius 1 is 1.06 bits per heavy atom. The molecule has 0 aliphatic rings. The third-order valence-corrected chi connectivity index (χ3v) is 4.96. The van der Waals surface area contributed by atoms with Crippen LogP contribution in [0, 0.1) is 5.41 Å². The largest absolute Gasteiger partial charge is 0.488 e. The molecule has 0 saturated carbocycles. The molecule has 0 amide bonds. The fraction of sp³-hybridized carbons (Fsp3) is 0.0833. The highest BCUT2D eigenvalue weighted by molar-refractivity contribution is 6.30. The van der Waals surface area contributed by atoms with E-state index in [-0.39, 0.29) is 5.84 Å². The molecule has 0 aliphatic carbocycles. The van der Waals surface area contributed by atoms with Crippen LogP contribution >= 0.6 is 11.6 Å². The van der Waals surface area contributed by atoms with Crippen molar-refractivity contribution < 1.29 is 4.74 Å². The number of benzene rings is 3. The number of nitrogens with one attached hydrogen (secondary N) is 3. The number of imidazole rings is 1. The average Bonchev–Trinajstić information content (AvgIpc) is 3.26. The van der Waals surface area contributed by atoms with Crippen molar-refractivity contribution in [3.63, 3.8) is 0 Å². The third kappa shape index (κ3) is 5.24. The first-order valence-corrected chi connectivity index (χ1v) is 10.1. The monoisotopic (exact) mass is 431 g/mol. The summed E-state index contributed by atoms with van der Waals surface area (Å²) in [7, 11) is 0. The molecule has 0 unspecified atom stereocenters. The van der Waals surface area contributed by atoms with Gasteiger partial charge in [0.25, 0.3) is 0 Å². The normalized spacial score (nSPS) is 10.6. The summed E-state index contributed by atoms with van der Waals surface area (Å²) >= 11 is 6.05. The molecule has 6 nitrogen and oxygen atoms in total. The first kappa shape index (κ1) is 20.5. The molecule has 0 radical (unpaired) electrons. The third-order valence-electron chi connectivity index (χ3n) is 4.73. The van der Waals surface area contributed by atoms with Gasteiger partial charge in [0.15, 0.2) is 0 Å². The summed E-state index contributed by atoms with van der Waals surface area (Å²) in [6.07, 6.45) is 1.82. The fourth-order valence-electron chi connectivity index (χ4n) is 3.16. The molecule has 1 aromatic heterocycles. The van der Waals surface area contributed by atoms with E-state index in [4.69, 9.17) is 27.5 Å². The first-order valence-electron chi connectivity index (χ1n) is 9.77. The second-order valence-corrected chi connectivity index (χ2v) is 7.44. The predicted octanol–water partition coefficient (Wildman–Crippen LogP) is 5.21. The first-order chi connectivity index (χ1) is 15.1. The summed E-state index contributed by atoms with van der Waals surface area (Å²) in [5, 5.41) is 11.8. The van der Waals surface area contributed by atoms with Crippen molar-refractivity contribution in [1.29, 1.82) is 5.41 Å². The molecule has 31 heavy (non-hydrogen) atoms. The van der Waals surface area contributed by atoms with Gasteiger partial charge in [-0.25, -0.2) is 4.98 Å². The van der Waals surface area contributed by atoms with Crippen LogP contribution in [0.5, 0.6) is 5.75 Å². The second kappa shape index (κ2) is 9.36. The highest BCUT2D eigenvalue weighted by atomic mass is 35.5. The van der Waals surface area contributed by atoms with Crippen molar-refractivity contribution in [2.45, 2.75) is 13.2 Å². The van der Waals surface area contributed by atoms with Gasteiger partial charge in [-0.1, -0.05) is 54.1 Å². The van der Waals surface area contributed by atoms with E-state index in [0.717, 1.165) is 28.3 Å². The van der Waals surface area contributed by atoms with Gasteiger partial charge in [0.05, 0.1) is 24.0 Å². The zero-order valence-corrected chi connectivity index (χ0v) is 17.5. The molecule has 0 bridgehead atoms. The summed E-state index contributed by atoms with van der Waals surface area (Å²) in [5.41, 5.74) is 10.1. The van der Waals surface area contributed by atoms with Crippen LogP contribution in [0.4, 0.5) is 5.69 Å². The zero-order valence-electron chi connectivity index (χ0n) is 16.7. The fourth-order valence-corrected chi connectivity index (χ4v) is 3.38. The van der Waals surface area contributed by atoms with E-state index in [2.05, 4.69) is 15.3 Å². The number of nitrogens with zero attached hydrogens (tertiary/aromatic N) is 1. The minimum absolute atomic E-state index is 0.0498. The van der Waals surface area contributed by atoms with Crippen LogP contribution in [-0.2, 0) is 13.2 Å². The van der Waals surface area contributed by atoms with Crippen molar-refractivity contribution >= 4 is 23.1 Å². The maximum Gasteiger partial charge on any atom is 0.132 e. The Labute approximate surface area is 185 Å². The Hall–Kier alpha value is -3.77. The van der Waals surface area contributed by atoms with Gasteiger partial charge in [-0.15, -0.1) is 0 Å². The topological polar surface area (TPSA) is 99.8 Å². The van der Waals surface area contributed by atoms with Gasteiger partial charge in [0.2, 0.25) is 0 Å². The smallest absolute Gasteiger partial charge is 0.132 e. The molecular weight excluding hydrogens is 410 g/mol. The van der Waals surface area contributed by atoms with Gasteiger partial charge in [-0.2, -0.15) is 0 Å².